The number of rotatable bonds is 10. The molecular formula is C22H29N3O2. The van der Waals surface area contributed by atoms with Crippen LogP contribution in [-0.4, -0.2) is 26.2 Å². The Morgan fingerprint density at radius 2 is 1.93 bits per heavy atom. The highest BCUT2D eigenvalue weighted by atomic mass is 16.5. The molecule has 2 aromatic rings. The van der Waals surface area contributed by atoms with E-state index in [1.54, 1.807) is 13.2 Å². The predicted octanol–water partition coefficient (Wildman–Crippen LogP) is 3.65. The summed E-state index contributed by atoms with van der Waals surface area (Å²) < 4.78 is 10.9. The van der Waals surface area contributed by atoms with Gasteiger partial charge in [0.05, 0.1) is 13.2 Å². The lowest BCUT2D eigenvalue weighted by molar-refractivity contribution is 0.185. The first-order valence-corrected chi connectivity index (χ1v) is 9.17. The van der Waals surface area contributed by atoms with E-state index in [9.17, 15) is 0 Å². The Kier molecular flexibility index (Phi) is 8.93. The normalized spacial score (nSPS) is 11.1. The monoisotopic (exact) mass is 367 g/mol. The van der Waals surface area contributed by atoms with E-state index in [4.69, 9.17) is 9.47 Å². The summed E-state index contributed by atoms with van der Waals surface area (Å²) in [7, 11) is 1.70. The minimum absolute atomic E-state index is 0.489. The Hall–Kier alpha value is -2.79. The van der Waals surface area contributed by atoms with Crippen LogP contribution in [0.15, 0.2) is 66.2 Å². The fourth-order valence-corrected chi connectivity index (χ4v) is 2.61. The van der Waals surface area contributed by atoms with Gasteiger partial charge in [-0.05, 0) is 24.1 Å². The number of hydrogen-bond acceptors (Lipinski definition) is 3. The molecule has 0 aromatic heterocycles. The number of methoxy groups -OCH3 is 1. The molecule has 0 radical (unpaired) electrons. The average Bonchev–Trinajstić information content (AvgIpc) is 2.69. The quantitative estimate of drug-likeness (QED) is 0.382. The Labute approximate surface area is 162 Å². The van der Waals surface area contributed by atoms with Crippen LogP contribution < -0.4 is 15.4 Å². The zero-order valence-corrected chi connectivity index (χ0v) is 16.2. The van der Waals surface area contributed by atoms with Crippen molar-refractivity contribution in [1.29, 1.82) is 0 Å². The van der Waals surface area contributed by atoms with Gasteiger partial charge >= 0.3 is 0 Å². The molecule has 0 bridgehead atoms. The Bertz CT molecular complexity index is 744. The van der Waals surface area contributed by atoms with Crippen LogP contribution in [0.3, 0.4) is 0 Å². The largest absolute Gasteiger partial charge is 0.489 e. The highest BCUT2D eigenvalue weighted by molar-refractivity contribution is 5.79. The van der Waals surface area contributed by atoms with E-state index in [0.29, 0.717) is 26.3 Å². The maximum absolute atomic E-state index is 5.71. The van der Waals surface area contributed by atoms with Gasteiger partial charge in [-0.25, -0.2) is 4.99 Å². The molecule has 0 aliphatic heterocycles. The van der Waals surface area contributed by atoms with E-state index in [-0.39, 0.29) is 0 Å². The van der Waals surface area contributed by atoms with E-state index < -0.39 is 0 Å². The molecule has 0 aliphatic carbocycles. The highest BCUT2D eigenvalue weighted by Crippen LogP contribution is 2.17. The first-order chi connectivity index (χ1) is 13.3. The zero-order valence-electron chi connectivity index (χ0n) is 16.2. The molecule has 5 nitrogen and oxygen atoms in total. The van der Waals surface area contributed by atoms with Crippen LogP contribution in [0.5, 0.6) is 5.75 Å². The van der Waals surface area contributed by atoms with Gasteiger partial charge in [-0.2, -0.15) is 0 Å². The van der Waals surface area contributed by atoms with E-state index in [0.717, 1.165) is 34.9 Å². The summed E-state index contributed by atoms with van der Waals surface area (Å²) in [5.74, 6) is 1.63. The summed E-state index contributed by atoms with van der Waals surface area (Å²) in [4.78, 5) is 4.69. The number of nitrogens with zero attached hydrogens (tertiary/aromatic N) is 1. The summed E-state index contributed by atoms with van der Waals surface area (Å²) in [6.07, 6.45) is 1.74. The number of aliphatic imine (C=N–C) groups is 1. The topological polar surface area (TPSA) is 54.9 Å². The zero-order chi connectivity index (χ0) is 19.3. The number of para-hydroxylation sites is 1. The summed E-state index contributed by atoms with van der Waals surface area (Å²) in [6, 6.07) is 16.3. The number of hydrogen-bond donors (Lipinski definition) is 2. The molecule has 0 saturated heterocycles. The van der Waals surface area contributed by atoms with Crippen molar-refractivity contribution in [3.05, 3.63) is 77.9 Å². The van der Waals surface area contributed by atoms with Crippen molar-refractivity contribution in [3.63, 3.8) is 0 Å². The molecule has 5 heteroatoms. The van der Waals surface area contributed by atoms with Gasteiger partial charge in [-0.3, -0.25) is 0 Å². The standard InChI is InChI=1S/C22H29N3O2/c1-4-13-27-21-12-7-6-11-20(21)16-25-22(23-5-2)24-15-18-9-8-10-19(14-18)17-26-3/h4,6-12,14H,1,5,13,15-17H2,2-3H3,(H2,23,24,25). The van der Waals surface area contributed by atoms with Gasteiger partial charge in [-0.1, -0.05) is 55.1 Å². The molecule has 0 amide bonds. The van der Waals surface area contributed by atoms with E-state index in [1.807, 2.05) is 30.3 Å². The minimum Gasteiger partial charge on any atom is -0.489 e. The minimum atomic E-state index is 0.489. The van der Waals surface area contributed by atoms with Crippen LogP contribution in [-0.2, 0) is 24.4 Å². The second-order valence-corrected chi connectivity index (χ2v) is 6.01. The summed E-state index contributed by atoms with van der Waals surface area (Å²) in [5, 5.41) is 6.65. The van der Waals surface area contributed by atoms with Crippen molar-refractivity contribution in [3.8, 4) is 5.75 Å². The first kappa shape index (κ1) is 20.5. The lowest BCUT2D eigenvalue weighted by atomic mass is 10.1. The number of nitrogens with one attached hydrogen (secondary N) is 2. The molecular weight excluding hydrogens is 338 g/mol. The van der Waals surface area contributed by atoms with Gasteiger partial charge in [0.1, 0.15) is 12.4 Å². The first-order valence-electron chi connectivity index (χ1n) is 9.17. The molecule has 0 spiro atoms. The van der Waals surface area contributed by atoms with Crippen LogP contribution in [0.1, 0.15) is 23.6 Å². The molecule has 0 atom stereocenters. The number of guanidine groups is 1. The van der Waals surface area contributed by atoms with Crippen LogP contribution in [0.4, 0.5) is 0 Å². The van der Waals surface area contributed by atoms with Crippen molar-refractivity contribution in [2.24, 2.45) is 4.99 Å². The second kappa shape index (κ2) is 11.8. The van der Waals surface area contributed by atoms with Gasteiger partial charge in [0.25, 0.3) is 0 Å². The molecule has 0 heterocycles. The maximum Gasteiger partial charge on any atom is 0.191 e. The Morgan fingerprint density at radius 3 is 2.70 bits per heavy atom. The number of benzene rings is 2. The van der Waals surface area contributed by atoms with Crippen molar-refractivity contribution in [1.82, 2.24) is 10.6 Å². The molecule has 0 saturated carbocycles. The van der Waals surface area contributed by atoms with Crippen molar-refractivity contribution < 1.29 is 9.47 Å². The molecule has 0 aliphatic rings. The maximum atomic E-state index is 5.71. The van der Waals surface area contributed by atoms with Crippen LogP contribution in [0, 0.1) is 0 Å². The Balaban J connectivity index is 2.02. The molecule has 2 N–H and O–H groups in total. The number of ether oxygens (including phenoxy) is 2. The van der Waals surface area contributed by atoms with E-state index >= 15 is 0 Å². The molecule has 144 valence electrons. The highest BCUT2D eigenvalue weighted by Gasteiger charge is 2.04. The third kappa shape index (κ3) is 7.15. The lowest BCUT2D eigenvalue weighted by Crippen LogP contribution is -2.36. The molecule has 0 unspecified atom stereocenters. The van der Waals surface area contributed by atoms with Gasteiger partial charge < -0.3 is 20.1 Å². The molecule has 0 fully saturated rings. The molecule has 2 aromatic carbocycles. The van der Waals surface area contributed by atoms with Crippen LogP contribution in [0.25, 0.3) is 0 Å². The lowest BCUT2D eigenvalue weighted by Gasteiger charge is -2.14. The predicted molar refractivity (Wildman–Crippen MR) is 111 cm³/mol. The average molecular weight is 367 g/mol. The Morgan fingerprint density at radius 1 is 1.11 bits per heavy atom. The molecule has 27 heavy (non-hydrogen) atoms. The smallest absolute Gasteiger partial charge is 0.191 e. The summed E-state index contributed by atoms with van der Waals surface area (Å²) in [6.45, 7) is 8.87. The van der Waals surface area contributed by atoms with Gasteiger partial charge in [0.15, 0.2) is 5.96 Å². The fraction of sp³-hybridized carbons (Fsp3) is 0.318. The van der Waals surface area contributed by atoms with E-state index in [2.05, 4.69) is 47.3 Å². The fourth-order valence-electron chi connectivity index (χ4n) is 2.61. The van der Waals surface area contributed by atoms with Crippen molar-refractivity contribution in [2.75, 3.05) is 20.3 Å². The third-order valence-corrected chi connectivity index (χ3v) is 3.84. The van der Waals surface area contributed by atoms with Crippen molar-refractivity contribution in [2.45, 2.75) is 26.6 Å². The van der Waals surface area contributed by atoms with Crippen LogP contribution in [0.2, 0.25) is 0 Å². The van der Waals surface area contributed by atoms with Crippen LogP contribution >= 0.6 is 0 Å². The summed E-state index contributed by atoms with van der Waals surface area (Å²) >= 11 is 0. The third-order valence-electron chi connectivity index (χ3n) is 3.84. The van der Waals surface area contributed by atoms with E-state index in [1.165, 1.54) is 0 Å². The summed E-state index contributed by atoms with van der Waals surface area (Å²) in [5.41, 5.74) is 3.37. The second-order valence-electron chi connectivity index (χ2n) is 6.01. The van der Waals surface area contributed by atoms with Crippen molar-refractivity contribution >= 4 is 5.96 Å². The SMILES string of the molecule is C=CCOc1ccccc1CNC(=NCc1cccc(COC)c1)NCC. The van der Waals surface area contributed by atoms with Gasteiger partial charge in [0.2, 0.25) is 0 Å². The van der Waals surface area contributed by atoms with Gasteiger partial charge in [0, 0.05) is 25.8 Å². The molecule has 2 rings (SSSR count). The van der Waals surface area contributed by atoms with Gasteiger partial charge in [-0.15, -0.1) is 0 Å².